The second kappa shape index (κ2) is 8.02. The summed E-state index contributed by atoms with van der Waals surface area (Å²) in [6.07, 6.45) is 0. The molecule has 1 aromatic rings. The standard InChI is InChI=1S/C14H27BrN4/c1-6-18(9-8-16-11(3)4)10-13-14(15)12(5)17-19(13)7-2/h11,16H,6-10H2,1-5H3. The third-order valence-electron chi connectivity index (χ3n) is 3.25. The fourth-order valence-corrected chi connectivity index (χ4v) is 2.50. The van der Waals surface area contributed by atoms with E-state index in [1.807, 2.05) is 0 Å². The van der Waals surface area contributed by atoms with Crippen LogP contribution in [0.3, 0.4) is 0 Å². The van der Waals surface area contributed by atoms with E-state index in [2.05, 4.69) is 70.5 Å². The molecule has 0 saturated carbocycles. The molecule has 0 aliphatic rings. The van der Waals surface area contributed by atoms with E-state index in [1.165, 1.54) is 5.69 Å². The molecule has 0 aliphatic carbocycles. The molecule has 0 aromatic carbocycles. The Hall–Kier alpha value is -0.390. The van der Waals surface area contributed by atoms with Gasteiger partial charge in [-0.05, 0) is 36.3 Å². The lowest BCUT2D eigenvalue weighted by Gasteiger charge is -2.22. The molecule has 0 radical (unpaired) electrons. The number of rotatable bonds is 8. The van der Waals surface area contributed by atoms with Gasteiger partial charge < -0.3 is 5.32 Å². The van der Waals surface area contributed by atoms with Crippen molar-refractivity contribution in [2.75, 3.05) is 19.6 Å². The van der Waals surface area contributed by atoms with E-state index in [0.717, 1.165) is 42.9 Å². The number of aromatic nitrogens is 2. The predicted octanol–water partition coefficient (Wildman–Crippen LogP) is 2.79. The molecule has 0 amide bonds. The van der Waals surface area contributed by atoms with Crippen LogP contribution in [-0.4, -0.2) is 40.4 Å². The molecule has 0 unspecified atom stereocenters. The van der Waals surface area contributed by atoms with Crippen LogP contribution >= 0.6 is 15.9 Å². The Morgan fingerprint density at radius 3 is 2.58 bits per heavy atom. The topological polar surface area (TPSA) is 33.1 Å². The van der Waals surface area contributed by atoms with Crippen LogP contribution in [0.4, 0.5) is 0 Å². The number of hydrogen-bond acceptors (Lipinski definition) is 3. The first-order valence-corrected chi connectivity index (χ1v) is 7.96. The van der Waals surface area contributed by atoms with Crippen molar-refractivity contribution in [2.24, 2.45) is 0 Å². The zero-order chi connectivity index (χ0) is 14.4. The Morgan fingerprint density at radius 2 is 2.05 bits per heavy atom. The quantitative estimate of drug-likeness (QED) is 0.795. The van der Waals surface area contributed by atoms with Crippen LogP contribution in [0.25, 0.3) is 0 Å². The Morgan fingerprint density at radius 1 is 1.37 bits per heavy atom. The molecule has 0 spiro atoms. The van der Waals surface area contributed by atoms with E-state index in [0.29, 0.717) is 6.04 Å². The summed E-state index contributed by atoms with van der Waals surface area (Å²) < 4.78 is 3.25. The number of halogens is 1. The maximum Gasteiger partial charge on any atom is 0.0739 e. The van der Waals surface area contributed by atoms with E-state index < -0.39 is 0 Å². The molecule has 110 valence electrons. The van der Waals surface area contributed by atoms with Gasteiger partial charge in [0.05, 0.1) is 15.9 Å². The van der Waals surface area contributed by atoms with E-state index >= 15 is 0 Å². The van der Waals surface area contributed by atoms with Crippen molar-refractivity contribution in [2.45, 2.75) is 53.8 Å². The number of aryl methyl sites for hydroxylation is 2. The molecule has 19 heavy (non-hydrogen) atoms. The van der Waals surface area contributed by atoms with Crippen LogP contribution in [-0.2, 0) is 13.1 Å². The highest BCUT2D eigenvalue weighted by Crippen LogP contribution is 2.22. The summed E-state index contributed by atoms with van der Waals surface area (Å²) in [5.41, 5.74) is 2.36. The first-order chi connectivity index (χ1) is 8.99. The van der Waals surface area contributed by atoms with Gasteiger partial charge in [-0.3, -0.25) is 9.58 Å². The van der Waals surface area contributed by atoms with E-state index in [1.54, 1.807) is 0 Å². The summed E-state index contributed by atoms with van der Waals surface area (Å²) in [5.74, 6) is 0. The third kappa shape index (κ3) is 4.89. The van der Waals surface area contributed by atoms with Gasteiger partial charge in [0.1, 0.15) is 0 Å². The van der Waals surface area contributed by atoms with Crippen LogP contribution in [0.5, 0.6) is 0 Å². The molecule has 0 saturated heterocycles. The Labute approximate surface area is 125 Å². The summed E-state index contributed by atoms with van der Waals surface area (Å²) in [6.45, 7) is 15.8. The normalized spacial score (nSPS) is 11.8. The van der Waals surface area contributed by atoms with Crippen molar-refractivity contribution in [3.8, 4) is 0 Å². The molecular formula is C14H27BrN4. The maximum absolute atomic E-state index is 4.55. The molecule has 0 atom stereocenters. The SMILES string of the molecule is CCN(CCNC(C)C)Cc1c(Br)c(C)nn1CC. The second-order valence-electron chi connectivity index (χ2n) is 5.14. The van der Waals surface area contributed by atoms with E-state index in [-0.39, 0.29) is 0 Å². The molecule has 0 aliphatic heterocycles. The lowest BCUT2D eigenvalue weighted by atomic mass is 10.3. The second-order valence-corrected chi connectivity index (χ2v) is 5.93. The highest BCUT2D eigenvalue weighted by Gasteiger charge is 2.14. The minimum atomic E-state index is 0.550. The van der Waals surface area contributed by atoms with Gasteiger partial charge >= 0.3 is 0 Å². The number of nitrogens with zero attached hydrogens (tertiary/aromatic N) is 3. The smallest absolute Gasteiger partial charge is 0.0739 e. The van der Waals surface area contributed by atoms with Crippen molar-refractivity contribution < 1.29 is 0 Å². The van der Waals surface area contributed by atoms with Crippen LogP contribution in [0.2, 0.25) is 0 Å². The third-order valence-corrected chi connectivity index (χ3v) is 4.29. The van der Waals surface area contributed by atoms with Crippen molar-refractivity contribution in [3.63, 3.8) is 0 Å². The molecule has 4 nitrogen and oxygen atoms in total. The molecule has 1 rings (SSSR count). The fourth-order valence-electron chi connectivity index (χ4n) is 2.09. The first-order valence-electron chi connectivity index (χ1n) is 7.17. The minimum Gasteiger partial charge on any atom is -0.313 e. The van der Waals surface area contributed by atoms with Gasteiger partial charge in [0, 0.05) is 32.2 Å². The first kappa shape index (κ1) is 16.7. The van der Waals surface area contributed by atoms with Gasteiger partial charge in [-0.1, -0.05) is 20.8 Å². The van der Waals surface area contributed by atoms with Crippen LogP contribution < -0.4 is 5.32 Å². The molecule has 0 bridgehead atoms. The summed E-state index contributed by atoms with van der Waals surface area (Å²) >= 11 is 3.67. The molecule has 5 heteroatoms. The van der Waals surface area contributed by atoms with Gasteiger partial charge in [0.25, 0.3) is 0 Å². The Kier molecular flexibility index (Phi) is 7.04. The minimum absolute atomic E-state index is 0.550. The van der Waals surface area contributed by atoms with Crippen molar-refractivity contribution in [1.82, 2.24) is 20.0 Å². The maximum atomic E-state index is 4.55. The van der Waals surface area contributed by atoms with Gasteiger partial charge in [-0.2, -0.15) is 5.10 Å². The largest absolute Gasteiger partial charge is 0.313 e. The molecule has 1 N–H and O–H groups in total. The summed E-state index contributed by atoms with van der Waals surface area (Å²) in [4.78, 5) is 2.45. The fraction of sp³-hybridized carbons (Fsp3) is 0.786. The van der Waals surface area contributed by atoms with Crippen LogP contribution in [0.15, 0.2) is 4.47 Å². The molecule has 1 aromatic heterocycles. The molecular weight excluding hydrogens is 304 g/mol. The van der Waals surface area contributed by atoms with E-state index in [9.17, 15) is 0 Å². The average Bonchev–Trinajstić information content (AvgIpc) is 2.64. The number of hydrogen-bond donors (Lipinski definition) is 1. The highest BCUT2D eigenvalue weighted by molar-refractivity contribution is 9.10. The number of nitrogens with one attached hydrogen (secondary N) is 1. The lowest BCUT2D eigenvalue weighted by Crippen LogP contribution is -2.35. The summed E-state index contributed by atoms with van der Waals surface area (Å²) in [5, 5.41) is 8.02. The highest BCUT2D eigenvalue weighted by atomic mass is 79.9. The van der Waals surface area contributed by atoms with Gasteiger partial charge in [0.2, 0.25) is 0 Å². The van der Waals surface area contributed by atoms with Gasteiger partial charge in [-0.15, -0.1) is 0 Å². The lowest BCUT2D eigenvalue weighted by molar-refractivity contribution is 0.267. The number of likely N-dealkylation sites (N-methyl/N-ethyl adjacent to an activating group) is 1. The Balaban J connectivity index is 2.65. The van der Waals surface area contributed by atoms with Crippen LogP contribution in [0.1, 0.15) is 39.1 Å². The van der Waals surface area contributed by atoms with Crippen molar-refractivity contribution in [3.05, 3.63) is 15.9 Å². The zero-order valence-corrected chi connectivity index (χ0v) is 14.4. The van der Waals surface area contributed by atoms with Gasteiger partial charge in [-0.25, -0.2) is 0 Å². The molecule has 1 heterocycles. The molecule has 0 fully saturated rings. The van der Waals surface area contributed by atoms with Crippen molar-refractivity contribution >= 4 is 15.9 Å². The van der Waals surface area contributed by atoms with Crippen molar-refractivity contribution in [1.29, 1.82) is 0 Å². The average molecular weight is 331 g/mol. The zero-order valence-electron chi connectivity index (χ0n) is 12.8. The predicted molar refractivity (Wildman–Crippen MR) is 84.4 cm³/mol. The summed E-state index contributed by atoms with van der Waals surface area (Å²) in [6, 6.07) is 0.550. The van der Waals surface area contributed by atoms with Gasteiger partial charge in [0.15, 0.2) is 0 Å². The summed E-state index contributed by atoms with van der Waals surface area (Å²) in [7, 11) is 0. The Bertz CT molecular complexity index is 387. The monoisotopic (exact) mass is 330 g/mol. The van der Waals surface area contributed by atoms with E-state index in [4.69, 9.17) is 0 Å². The van der Waals surface area contributed by atoms with Crippen LogP contribution in [0, 0.1) is 6.92 Å².